The van der Waals surface area contributed by atoms with Crippen LogP contribution in [0.1, 0.15) is 40.0 Å². The van der Waals surface area contributed by atoms with Crippen molar-refractivity contribution in [2.24, 2.45) is 5.92 Å². The maximum absolute atomic E-state index is 10.6. The molecule has 3 heteroatoms. The van der Waals surface area contributed by atoms with Gasteiger partial charge in [-0.25, -0.2) is 0 Å². The fraction of sp³-hybridized carbons (Fsp3) is 0.909. The smallest absolute Gasteiger partial charge is 0.303 e. The Morgan fingerprint density at radius 2 is 2.21 bits per heavy atom. The van der Waals surface area contributed by atoms with Crippen LogP contribution < -0.4 is 0 Å². The monoisotopic (exact) mass is 199 g/mol. The molecule has 0 spiro atoms. The zero-order chi connectivity index (χ0) is 10.8. The van der Waals surface area contributed by atoms with Crippen molar-refractivity contribution in [2.45, 2.75) is 45.6 Å². The summed E-state index contributed by atoms with van der Waals surface area (Å²) in [4.78, 5) is 13.1. The molecule has 1 aliphatic heterocycles. The quantitative estimate of drug-likeness (QED) is 0.755. The number of hydrogen-bond acceptors (Lipinski definition) is 2. The highest BCUT2D eigenvalue weighted by molar-refractivity contribution is 5.67. The molecule has 0 bridgehead atoms. The van der Waals surface area contributed by atoms with Crippen LogP contribution in [0.3, 0.4) is 0 Å². The first kappa shape index (κ1) is 11.5. The van der Waals surface area contributed by atoms with Gasteiger partial charge in [0.25, 0.3) is 0 Å². The summed E-state index contributed by atoms with van der Waals surface area (Å²) in [7, 11) is 0. The van der Waals surface area contributed by atoms with E-state index in [9.17, 15) is 4.79 Å². The number of aliphatic carboxylic acids is 1. The minimum atomic E-state index is -0.657. The first-order valence-corrected chi connectivity index (χ1v) is 5.42. The average Bonchev–Trinajstić information content (AvgIpc) is 2.01. The van der Waals surface area contributed by atoms with Gasteiger partial charge in [0.15, 0.2) is 0 Å². The first-order valence-electron chi connectivity index (χ1n) is 5.42. The Balaban J connectivity index is 2.53. The highest BCUT2D eigenvalue weighted by Crippen LogP contribution is 2.32. The molecule has 0 aromatic rings. The molecular formula is C11H21NO2. The van der Waals surface area contributed by atoms with E-state index in [0.29, 0.717) is 12.3 Å². The zero-order valence-electron chi connectivity index (χ0n) is 9.42. The zero-order valence-corrected chi connectivity index (χ0v) is 9.42. The summed E-state index contributed by atoms with van der Waals surface area (Å²) in [6, 6.07) is 0. The van der Waals surface area contributed by atoms with Gasteiger partial charge in [0.1, 0.15) is 0 Å². The predicted molar refractivity (Wildman–Crippen MR) is 56.3 cm³/mol. The van der Waals surface area contributed by atoms with E-state index in [-0.39, 0.29) is 5.54 Å². The number of carbonyl (C=O) groups is 1. The number of nitrogens with zero attached hydrogens (tertiary/aromatic N) is 1. The number of likely N-dealkylation sites (tertiary alicyclic amines) is 1. The molecule has 0 aromatic heterocycles. The van der Waals surface area contributed by atoms with Gasteiger partial charge in [0.05, 0.1) is 0 Å². The van der Waals surface area contributed by atoms with Gasteiger partial charge in [-0.3, -0.25) is 9.69 Å². The minimum Gasteiger partial charge on any atom is -0.481 e. The largest absolute Gasteiger partial charge is 0.481 e. The van der Waals surface area contributed by atoms with E-state index in [1.807, 2.05) is 0 Å². The Bertz CT molecular complexity index is 213. The van der Waals surface area contributed by atoms with E-state index in [1.165, 1.54) is 0 Å². The molecule has 1 N–H and O–H groups in total. The Morgan fingerprint density at radius 1 is 1.57 bits per heavy atom. The third-order valence-corrected chi connectivity index (χ3v) is 3.30. The molecular weight excluding hydrogens is 178 g/mol. The van der Waals surface area contributed by atoms with E-state index in [4.69, 9.17) is 5.11 Å². The van der Waals surface area contributed by atoms with Gasteiger partial charge in [-0.05, 0) is 45.7 Å². The average molecular weight is 199 g/mol. The summed E-state index contributed by atoms with van der Waals surface area (Å²) >= 11 is 0. The summed E-state index contributed by atoms with van der Waals surface area (Å²) in [6.07, 6.45) is 2.37. The second-order valence-electron chi connectivity index (χ2n) is 4.85. The summed E-state index contributed by atoms with van der Waals surface area (Å²) in [5.41, 5.74) is 0.174. The molecule has 0 radical (unpaired) electrons. The van der Waals surface area contributed by atoms with Gasteiger partial charge in [-0.15, -0.1) is 0 Å². The summed E-state index contributed by atoms with van der Waals surface area (Å²) in [5.74, 6) is -0.291. The lowest BCUT2D eigenvalue weighted by molar-refractivity contribution is -0.138. The number of hydrogen-bond donors (Lipinski definition) is 1. The highest BCUT2D eigenvalue weighted by atomic mass is 16.4. The maximum Gasteiger partial charge on any atom is 0.303 e. The Labute approximate surface area is 86.1 Å². The maximum atomic E-state index is 10.6. The standard InChI is InChI=1S/C11H21NO2/c1-4-12-6-5-9(7-10(13)14)8-11(12,2)3/h9H,4-8H2,1-3H3,(H,13,14). The molecule has 1 unspecified atom stereocenters. The number of rotatable bonds is 3. The molecule has 1 heterocycles. The second-order valence-corrected chi connectivity index (χ2v) is 4.85. The molecule has 14 heavy (non-hydrogen) atoms. The van der Waals surface area contributed by atoms with Crippen LogP contribution in [-0.4, -0.2) is 34.6 Å². The fourth-order valence-corrected chi connectivity index (χ4v) is 2.59. The Hall–Kier alpha value is -0.570. The lowest BCUT2D eigenvalue weighted by atomic mass is 9.81. The van der Waals surface area contributed by atoms with E-state index < -0.39 is 5.97 Å². The van der Waals surface area contributed by atoms with Crippen molar-refractivity contribution in [2.75, 3.05) is 13.1 Å². The fourth-order valence-electron chi connectivity index (χ4n) is 2.59. The van der Waals surface area contributed by atoms with Gasteiger partial charge < -0.3 is 5.11 Å². The first-order chi connectivity index (χ1) is 6.45. The van der Waals surface area contributed by atoms with Crippen molar-refractivity contribution in [1.29, 1.82) is 0 Å². The van der Waals surface area contributed by atoms with E-state index >= 15 is 0 Å². The summed E-state index contributed by atoms with van der Waals surface area (Å²) in [6.45, 7) is 8.70. The van der Waals surface area contributed by atoms with Crippen LogP contribution in [0.4, 0.5) is 0 Å². The normalized spacial score (nSPS) is 27.5. The van der Waals surface area contributed by atoms with Gasteiger partial charge in [-0.1, -0.05) is 6.92 Å². The van der Waals surface area contributed by atoms with Crippen molar-refractivity contribution in [3.8, 4) is 0 Å². The molecule has 1 saturated heterocycles. The molecule has 1 rings (SSSR count). The van der Waals surface area contributed by atoms with Crippen LogP contribution in [0.25, 0.3) is 0 Å². The molecule has 82 valence electrons. The van der Waals surface area contributed by atoms with Crippen molar-refractivity contribution in [3.63, 3.8) is 0 Å². The second kappa shape index (κ2) is 4.30. The van der Waals surface area contributed by atoms with Crippen LogP contribution in [0.5, 0.6) is 0 Å². The topological polar surface area (TPSA) is 40.5 Å². The van der Waals surface area contributed by atoms with Crippen molar-refractivity contribution in [1.82, 2.24) is 4.90 Å². The van der Waals surface area contributed by atoms with Crippen molar-refractivity contribution in [3.05, 3.63) is 0 Å². The molecule has 0 amide bonds. The van der Waals surface area contributed by atoms with Crippen LogP contribution in [0.2, 0.25) is 0 Å². The van der Waals surface area contributed by atoms with Gasteiger partial charge >= 0.3 is 5.97 Å². The molecule has 0 saturated carbocycles. The van der Waals surface area contributed by atoms with Crippen LogP contribution >= 0.6 is 0 Å². The third-order valence-electron chi connectivity index (χ3n) is 3.30. The van der Waals surface area contributed by atoms with E-state index in [1.54, 1.807) is 0 Å². The minimum absolute atomic E-state index is 0.174. The molecule has 3 nitrogen and oxygen atoms in total. The summed E-state index contributed by atoms with van der Waals surface area (Å²) < 4.78 is 0. The van der Waals surface area contributed by atoms with E-state index in [2.05, 4.69) is 25.7 Å². The van der Waals surface area contributed by atoms with Crippen LogP contribution in [0.15, 0.2) is 0 Å². The lowest BCUT2D eigenvalue weighted by Crippen LogP contribution is -2.49. The van der Waals surface area contributed by atoms with Gasteiger partial charge in [0, 0.05) is 12.0 Å². The van der Waals surface area contributed by atoms with Crippen molar-refractivity contribution >= 4 is 5.97 Å². The molecule has 1 atom stereocenters. The molecule has 0 aromatic carbocycles. The lowest BCUT2D eigenvalue weighted by Gasteiger charge is -2.45. The third kappa shape index (κ3) is 2.71. The Kier molecular flexibility index (Phi) is 3.53. The van der Waals surface area contributed by atoms with Crippen molar-refractivity contribution < 1.29 is 9.90 Å². The number of carboxylic acid groups (broad SMARTS) is 1. The molecule has 1 aliphatic rings. The van der Waals surface area contributed by atoms with Gasteiger partial charge in [0.2, 0.25) is 0 Å². The Morgan fingerprint density at radius 3 is 2.64 bits per heavy atom. The van der Waals surface area contributed by atoms with E-state index in [0.717, 1.165) is 25.9 Å². The molecule has 1 fully saturated rings. The highest BCUT2D eigenvalue weighted by Gasteiger charge is 2.34. The molecule has 0 aliphatic carbocycles. The van der Waals surface area contributed by atoms with Gasteiger partial charge in [-0.2, -0.15) is 0 Å². The van der Waals surface area contributed by atoms with Crippen LogP contribution in [0, 0.1) is 5.92 Å². The number of piperidine rings is 1. The SMILES string of the molecule is CCN1CCC(CC(=O)O)CC1(C)C. The summed E-state index contributed by atoms with van der Waals surface area (Å²) in [5, 5.41) is 8.75. The number of carboxylic acids is 1. The predicted octanol–water partition coefficient (Wildman–Crippen LogP) is 1.97. The van der Waals surface area contributed by atoms with Crippen LogP contribution in [-0.2, 0) is 4.79 Å².